The minimum Gasteiger partial charge on any atom is -0.491 e. The van der Waals surface area contributed by atoms with Crippen molar-refractivity contribution in [1.29, 1.82) is 0 Å². The Labute approximate surface area is 114 Å². The van der Waals surface area contributed by atoms with Gasteiger partial charge in [0.15, 0.2) is 0 Å². The fraction of sp³-hybridized carbons (Fsp3) is 0.417. The van der Waals surface area contributed by atoms with E-state index >= 15 is 0 Å². The average molecular weight is 286 g/mol. The van der Waals surface area contributed by atoms with Crippen LogP contribution in [0.2, 0.25) is 0 Å². The third kappa shape index (κ3) is 4.16. The van der Waals surface area contributed by atoms with E-state index in [0.717, 1.165) is 12.1 Å². The standard InChI is InChI=1S/C12H15FN2O5/c1-3-19-12(16)10(14-2)7-20-8-4-5-11(15(17)18)9(13)6-8/h4-6,10,14H,3,7H2,1-2H3. The molecule has 0 aromatic heterocycles. The zero-order chi connectivity index (χ0) is 15.1. The van der Waals surface area contributed by atoms with Crippen LogP contribution in [-0.2, 0) is 9.53 Å². The van der Waals surface area contributed by atoms with Gasteiger partial charge in [-0.15, -0.1) is 0 Å². The van der Waals surface area contributed by atoms with Gasteiger partial charge in [-0.25, -0.2) is 0 Å². The van der Waals surface area contributed by atoms with E-state index in [-0.39, 0.29) is 19.0 Å². The van der Waals surface area contributed by atoms with Gasteiger partial charge in [-0.3, -0.25) is 14.9 Å². The molecule has 0 heterocycles. The summed E-state index contributed by atoms with van der Waals surface area (Å²) in [5.74, 6) is -1.39. The molecule has 1 rings (SSSR count). The molecule has 0 radical (unpaired) electrons. The number of hydrogen-bond donors (Lipinski definition) is 1. The highest BCUT2D eigenvalue weighted by atomic mass is 19.1. The molecular weight excluding hydrogens is 271 g/mol. The van der Waals surface area contributed by atoms with Crippen LogP contribution in [0.3, 0.4) is 0 Å². The Morgan fingerprint density at radius 1 is 1.55 bits per heavy atom. The first-order chi connectivity index (χ1) is 9.49. The number of benzene rings is 1. The van der Waals surface area contributed by atoms with Gasteiger partial charge in [0, 0.05) is 12.1 Å². The molecule has 0 fully saturated rings. The van der Waals surface area contributed by atoms with E-state index in [1.54, 1.807) is 14.0 Å². The second-order valence-corrected chi connectivity index (χ2v) is 3.77. The number of carbonyl (C=O) groups excluding carboxylic acids is 1. The summed E-state index contributed by atoms with van der Waals surface area (Å²) >= 11 is 0. The number of nitrogens with zero attached hydrogens (tertiary/aromatic N) is 1. The lowest BCUT2D eigenvalue weighted by molar-refractivity contribution is -0.387. The third-order valence-electron chi connectivity index (χ3n) is 2.45. The number of esters is 1. The highest BCUT2D eigenvalue weighted by Crippen LogP contribution is 2.22. The fourth-order valence-corrected chi connectivity index (χ4v) is 1.42. The maximum atomic E-state index is 13.4. The van der Waals surface area contributed by atoms with Gasteiger partial charge in [0.1, 0.15) is 18.4 Å². The van der Waals surface area contributed by atoms with Crippen molar-refractivity contribution in [1.82, 2.24) is 5.32 Å². The maximum Gasteiger partial charge on any atom is 0.326 e. The number of ether oxygens (including phenoxy) is 2. The second-order valence-electron chi connectivity index (χ2n) is 3.77. The van der Waals surface area contributed by atoms with Crippen LogP contribution in [0.4, 0.5) is 10.1 Å². The van der Waals surface area contributed by atoms with Crippen molar-refractivity contribution in [2.24, 2.45) is 0 Å². The monoisotopic (exact) mass is 286 g/mol. The van der Waals surface area contributed by atoms with E-state index in [4.69, 9.17) is 9.47 Å². The summed E-state index contributed by atoms with van der Waals surface area (Å²) in [6.45, 7) is 1.84. The molecule has 0 bridgehead atoms. The lowest BCUT2D eigenvalue weighted by Crippen LogP contribution is -2.40. The van der Waals surface area contributed by atoms with Crippen molar-refractivity contribution < 1.29 is 23.6 Å². The lowest BCUT2D eigenvalue weighted by atomic mass is 10.3. The first-order valence-electron chi connectivity index (χ1n) is 5.90. The number of hydrogen-bond acceptors (Lipinski definition) is 6. The van der Waals surface area contributed by atoms with Crippen LogP contribution in [0.1, 0.15) is 6.92 Å². The Balaban J connectivity index is 2.67. The Bertz CT molecular complexity index is 495. The Kier molecular flexibility index (Phi) is 5.85. The van der Waals surface area contributed by atoms with Crippen LogP contribution < -0.4 is 10.1 Å². The molecule has 8 heteroatoms. The smallest absolute Gasteiger partial charge is 0.326 e. The van der Waals surface area contributed by atoms with Gasteiger partial charge in [-0.2, -0.15) is 4.39 Å². The summed E-state index contributed by atoms with van der Waals surface area (Å²) in [6, 6.07) is 2.46. The molecule has 0 aliphatic rings. The SMILES string of the molecule is CCOC(=O)C(COc1ccc([N+](=O)[O-])c(F)c1)NC. The number of nitro benzene ring substituents is 1. The predicted octanol–water partition coefficient (Wildman–Crippen LogP) is 1.26. The molecular formula is C12H15FN2O5. The molecule has 1 N–H and O–H groups in total. The number of rotatable bonds is 7. The number of likely N-dealkylation sites (N-methyl/N-ethyl adjacent to an activating group) is 1. The number of nitrogens with one attached hydrogen (secondary N) is 1. The molecule has 0 saturated heterocycles. The van der Waals surface area contributed by atoms with E-state index in [2.05, 4.69) is 5.32 Å². The summed E-state index contributed by atoms with van der Waals surface area (Å²) in [5, 5.41) is 13.2. The zero-order valence-electron chi connectivity index (χ0n) is 11.1. The average Bonchev–Trinajstić information content (AvgIpc) is 2.39. The minimum absolute atomic E-state index is 0.0768. The Morgan fingerprint density at radius 3 is 2.75 bits per heavy atom. The molecule has 20 heavy (non-hydrogen) atoms. The van der Waals surface area contributed by atoms with Crippen LogP contribution in [0, 0.1) is 15.9 Å². The predicted molar refractivity (Wildman–Crippen MR) is 68.0 cm³/mol. The van der Waals surface area contributed by atoms with E-state index in [1.807, 2.05) is 0 Å². The van der Waals surface area contributed by atoms with Crippen LogP contribution in [0.5, 0.6) is 5.75 Å². The molecule has 1 aromatic carbocycles. The summed E-state index contributed by atoms with van der Waals surface area (Å²) < 4.78 is 23.4. The molecule has 1 unspecified atom stereocenters. The van der Waals surface area contributed by atoms with Crippen molar-refractivity contribution in [2.45, 2.75) is 13.0 Å². The van der Waals surface area contributed by atoms with Crippen LogP contribution in [0.25, 0.3) is 0 Å². The van der Waals surface area contributed by atoms with Crippen molar-refractivity contribution in [3.05, 3.63) is 34.1 Å². The highest BCUT2D eigenvalue weighted by molar-refractivity contribution is 5.75. The van der Waals surface area contributed by atoms with Crippen molar-refractivity contribution in [2.75, 3.05) is 20.3 Å². The van der Waals surface area contributed by atoms with Crippen LogP contribution in [-0.4, -0.2) is 37.2 Å². The Morgan fingerprint density at radius 2 is 2.25 bits per heavy atom. The van der Waals surface area contributed by atoms with Crippen molar-refractivity contribution in [3.8, 4) is 5.75 Å². The normalized spacial score (nSPS) is 11.8. The summed E-state index contributed by atoms with van der Waals surface area (Å²) in [4.78, 5) is 21.1. The first kappa shape index (κ1) is 15.8. The topological polar surface area (TPSA) is 90.7 Å². The van der Waals surface area contributed by atoms with E-state index in [1.165, 1.54) is 6.07 Å². The van der Waals surface area contributed by atoms with E-state index in [0.29, 0.717) is 0 Å². The molecule has 110 valence electrons. The maximum absolute atomic E-state index is 13.4. The fourth-order valence-electron chi connectivity index (χ4n) is 1.42. The minimum atomic E-state index is -0.996. The Hall–Kier alpha value is -2.22. The summed E-state index contributed by atoms with van der Waals surface area (Å²) in [5.41, 5.74) is -0.632. The molecule has 0 spiro atoms. The lowest BCUT2D eigenvalue weighted by Gasteiger charge is -2.15. The summed E-state index contributed by atoms with van der Waals surface area (Å²) in [6.07, 6.45) is 0. The van der Waals surface area contributed by atoms with Gasteiger partial charge < -0.3 is 14.8 Å². The van der Waals surface area contributed by atoms with Gasteiger partial charge >= 0.3 is 11.7 Å². The van der Waals surface area contributed by atoms with E-state index < -0.39 is 28.4 Å². The number of nitro groups is 1. The van der Waals surface area contributed by atoms with Gasteiger partial charge in [0.05, 0.1) is 11.5 Å². The molecule has 0 amide bonds. The third-order valence-corrected chi connectivity index (χ3v) is 2.45. The van der Waals surface area contributed by atoms with Gasteiger partial charge in [0.2, 0.25) is 5.82 Å². The quantitative estimate of drug-likeness (QED) is 0.461. The van der Waals surface area contributed by atoms with Crippen molar-refractivity contribution >= 4 is 11.7 Å². The van der Waals surface area contributed by atoms with E-state index in [9.17, 15) is 19.3 Å². The molecule has 0 aliphatic heterocycles. The largest absolute Gasteiger partial charge is 0.491 e. The molecule has 1 atom stereocenters. The van der Waals surface area contributed by atoms with Crippen molar-refractivity contribution in [3.63, 3.8) is 0 Å². The molecule has 0 saturated carbocycles. The zero-order valence-corrected chi connectivity index (χ0v) is 11.1. The van der Waals surface area contributed by atoms with Gasteiger partial charge in [-0.1, -0.05) is 0 Å². The second kappa shape index (κ2) is 7.39. The molecule has 7 nitrogen and oxygen atoms in total. The summed E-state index contributed by atoms with van der Waals surface area (Å²) in [7, 11) is 1.56. The number of carbonyl (C=O) groups is 1. The van der Waals surface area contributed by atoms with Crippen LogP contribution in [0.15, 0.2) is 18.2 Å². The van der Waals surface area contributed by atoms with Crippen LogP contribution >= 0.6 is 0 Å². The van der Waals surface area contributed by atoms with Gasteiger partial charge in [0.25, 0.3) is 0 Å². The molecule has 0 aliphatic carbocycles. The highest BCUT2D eigenvalue weighted by Gasteiger charge is 2.19. The first-order valence-corrected chi connectivity index (χ1v) is 5.90. The molecule has 1 aromatic rings. The number of halogens is 1. The van der Waals surface area contributed by atoms with Gasteiger partial charge in [-0.05, 0) is 20.0 Å².